The summed E-state index contributed by atoms with van der Waals surface area (Å²) >= 11 is 5.23. The number of H-pyrrole nitrogens is 2. The van der Waals surface area contributed by atoms with E-state index in [1.807, 2.05) is 0 Å². The zero-order valence-electron chi connectivity index (χ0n) is 11.7. The van der Waals surface area contributed by atoms with Crippen LogP contribution in [0.3, 0.4) is 0 Å². The maximum Gasteiger partial charge on any atom is 0.329 e. The van der Waals surface area contributed by atoms with Crippen LogP contribution in [-0.4, -0.2) is 19.1 Å². The molecule has 3 rings (SSSR count). The maximum atomic E-state index is 12.9. The second-order valence-corrected chi connectivity index (χ2v) is 5.36. The first kappa shape index (κ1) is 14.5. The lowest BCUT2D eigenvalue weighted by Gasteiger charge is -2.05. The van der Waals surface area contributed by atoms with Crippen LogP contribution in [0.1, 0.15) is 5.56 Å². The highest BCUT2D eigenvalue weighted by Crippen LogP contribution is 2.10. The van der Waals surface area contributed by atoms with Gasteiger partial charge in [-0.05, 0) is 36.3 Å². The fourth-order valence-corrected chi connectivity index (χ4v) is 2.66. The van der Waals surface area contributed by atoms with Crippen LogP contribution < -0.4 is 11.2 Å². The Hall–Kier alpha value is -2.48. The Morgan fingerprint density at radius 3 is 2.55 bits per heavy atom. The molecule has 22 heavy (non-hydrogen) atoms. The molecule has 2 aromatic heterocycles. The Kier molecular flexibility index (Phi) is 3.53. The molecule has 0 aliphatic carbocycles. The average Bonchev–Trinajstić information content (AvgIpc) is 2.82. The van der Waals surface area contributed by atoms with Crippen molar-refractivity contribution in [2.24, 2.45) is 7.05 Å². The van der Waals surface area contributed by atoms with Crippen LogP contribution in [0.15, 0.2) is 33.9 Å². The smallest absolute Gasteiger partial charge is 0.316 e. The molecule has 0 atom stereocenters. The third-order valence-electron chi connectivity index (χ3n) is 3.58. The number of aromatic amines is 2. The van der Waals surface area contributed by atoms with Gasteiger partial charge in [0.1, 0.15) is 11.5 Å². The first-order valence-corrected chi connectivity index (χ1v) is 7.04. The van der Waals surface area contributed by atoms with Crippen LogP contribution in [0.5, 0.6) is 0 Å². The molecule has 0 amide bonds. The summed E-state index contributed by atoms with van der Waals surface area (Å²) in [5.41, 5.74) is 0.662. The van der Waals surface area contributed by atoms with Gasteiger partial charge in [-0.15, -0.1) is 0 Å². The Bertz CT molecular complexity index is 1010. The maximum absolute atomic E-state index is 12.9. The normalized spacial score (nSPS) is 11.2. The molecule has 2 N–H and O–H groups in total. The van der Waals surface area contributed by atoms with Crippen LogP contribution in [0.4, 0.5) is 4.39 Å². The molecule has 0 aliphatic rings. The lowest BCUT2D eigenvalue weighted by Crippen LogP contribution is -2.29. The van der Waals surface area contributed by atoms with E-state index in [9.17, 15) is 14.0 Å². The molecule has 0 bridgehead atoms. The topological polar surface area (TPSA) is 75.6 Å². The molecule has 3 aromatic rings. The lowest BCUT2D eigenvalue weighted by molar-refractivity contribution is 0.625. The number of aromatic nitrogens is 4. The Morgan fingerprint density at radius 2 is 1.86 bits per heavy atom. The van der Waals surface area contributed by atoms with Crippen LogP contribution in [0.25, 0.3) is 11.2 Å². The summed E-state index contributed by atoms with van der Waals surface area (Å²) in [5, 5.41) is 0. The molecule has 0 fully saturated rings. The van der Waals surface area contributed by atoms with Gasteiger partial charge in [0.25, 0.3) is 5.56 Å². The van der Waals surface area contributed by atoms with Gasteiger partial charge in [0.05, 0.1) is 0 Å². The molecule has 0 saturated heterocycles. The molecule has 2 heterocycles. The van der Waals surface area contributed by atoms with Gasteiger partial charge in [0.15, 0.2) is 10.3 Å². The van der Waals surface area contributed by atoms with Crippen molar-refractivity contribution in [1.29, 1.82) is 0 Å². The zero-order valence-corrected chi connectivity index (χ0v) is 12.5. The average molecular weight is 320 g/mol. The van der Waals surface area contributed by atoms with Crippen molar-refractivity contribution >= 4 is 23.4 Å². The lowest BCUT2D eigenvalue weighted by atomic mass is 10.1. The first-order chi connectivity index (χ1) is 10.5. The SMILES string of the molecule is Cn1c(=O)[nH]c(=O)c2c1[nH]c(=S)n2CCc1ccc(F)cc1. The van der Waals surface area contributed by atoms with Gasteiger partial charge in [-0.1, -0.05) is 12.1 Å². The quantitative estimate of drug-likeness (QED) is 0.718. The second kappa shape index (κ2) is 5.38. The summed E-state index contributed by atoms with van der Waals surface area (Å²) in [6.45, 7) is 0.450. The molecule has 114 valence electrons. The van der Waals surface area contributed by atoms with Gasteiger partial charge in [0.2, 0.25) is 0 Å². The number of nitrogens with one attached hydrogen (secondary N) is 2. The summed E-state index contributed by atoms with van der Waals surface area (Å²) in [4.78, 5) is 28.8. The van der Waals surface area contributed by atoms with Gasteiger partial charge in [0, 0.05) is 13.6 Å². The molecule has 1 aromatic carbocycles. The Morgan fingerprint density at radius 1 is 1.18 bits per heavy atom. The number of benzene rings is 1. The monoisotopic (exact) mass is 320 g/mol. The van der Waals surface area contributed by atoms with Gasteiger partial charge in [-0.25, -0.2) is 9.18 Å². The number of hydrogen-bond acceptors (Lipinski definition) is 3. The van der Waals surface area contributed by atoms with E-state index >= 15 is 0 Å². The van der Waals surface area contributed by atoms with Crippen molar-refractivity contribution < 1.29 is 4.39 Å². The van der Waals surface area contributed by atoms with Crippen LogP contribution in [-0.2, 0) is 20.0 Å². The molecule has 8 heteroatoms. The summed E-state index contributed by atoms with van der Waals surface area (Å²) in [6.07, 6.45) is 0.587. The van der Waals surface area contributed by atoms with Crippen molar-refractivity contribution in [3.8, 4) is 0 Å². The van der Waals surface area contributed by atoms with E-state index in [0.717, 1.165) is 5.56 Å². The number of aryl methyl sites for hydroxylation is 3. The molecular weight excluding hydrogens is 307 g/mol. The standard InChI is InChI=1S/C14H13FN4O2S/c1-18-11-10(12(20)17-13(18)21)19(14(22)16-11)7-6-8-2-4-9(15)5-3-8/h2-5H,6-7H2,1H3,(H,16,22)(H,17,20,21). The van der Waals surface area contributed by atoms with Crippen molar-refractivity contribution in [2.45, 2.75) is 13.0 Å². The number of imidazole rings is 1. The van der Waals surface area contributed by atoms with Gasteiger partial charge in [-0.3, -0.25) is 14.3 Å². The molecule has 0 spiro atoms. The summed E-state index contributed by atoms with van der Waals surface area (Å²) < 4.78 is 16.2. The highest BCUT2D eigenvalue weighted by molar-refractivity contribution is 7.71. The minimum absolute atomic E-state index is 0.293. The molecule has 0 radical (unpaired) electrons. The summed E-state index contributed by atoms with van der Waals surface area (Å²) in [5.74, 6) is -0.293. The summed E-state index contributed by atoms with van der Waals surface area (Å²) in [7, 11) is 1.55. The highest BCUT2D eigenvalue weighted by Gasteiger charge is 2.12. The zero-order chi connectivity index (χ0) is 15.9. The van der Waals surface area contributed by atoms with E-state index in [1.165, 1.54) is 16.7 Å². The molecule has 0 saturated carbocycles. The van der Waals surface area contributed by atoms with Gasteiger partial charge < -0.3 is 9.55 Å². The fraction of sp³-hybridized carbons (Fsp3) is 0.214. The largest absolute Gasteiger partial charge is 0.329 e. The Labute approximate surface area is 128 Å². The van der Waals surface area contributed by atoms with E-state index in [0.29, 0.717) is 28.9 Å². The van der Waals surface area contributed by atoms with Crippen molar-refractivity contribution in [3.63, 3.8) is 0 Å². The van der Waals surface area contributed by atoms with Crippen molar-refractivity contribution in [1.82, 2.24) is 19.1 Å². The first-order valence-electron chi connectivity index (χ1n) is 6.63. The number of halogens is 1. The van der Waals surface area contributed by atoms with Crippen LogP contribution in [0, 0.1) is 10.6 Å². The number of fused-ring (bicyclic) bond motifs is 1. The third-order valence-corrected chi connectivity index (χ3v) is 3.90. The minimum atomic E-state index is -0.501. The van der Waals surface area contributed by atoms with E-state index in [1.54, 1.807) is 23.7 Å². The number of hydrogen-bond donors (Lipinski definition) is 2. The highest BCUT2D eigenvalue weighted by atomic mass is 32.1. The molecule has 0 aliphatic heterocycles. The number of nitrogens with zero attached hydrogens (tertiary/aromatic N) is 2. The number of rotatable bonds is 3. The third kappa shape index (κ3) is 2.41. The van der Waals surface area contributed by atoms with Crippen molar-refractivity contribution in [3.05, 3.63) is 61.3 Å². The summed E-state index contributed by atoms with van der Waals surface area (Å²) in [6, 6.07) is 6.15. The molecule has 0 unspecified atom stereocenters. The fourth-order valence-electron chi connectivity index (χ4n) is 2.38. The van der Waals surface area contributed by atoms with Crippen LogP contribution in [0.2, 0.25) is 0 Å². The van der Waals surface area contributed by atoms with Gasteiger partial charge in [-0.2, -0.15) is 0 Å². The molecule has 6 nitrogen and oxygen atoms in total. The van der Waals surface area contributed by atoms with Crippen molar-refractivity contribution in [2.75, 3.05) is 0 Å². The predicted octanol–water partition coefficient (Wildman–Crippen LogP) is 1.47. The Balaban J connectivity index is 2.04. The minimum Gasteiger partial charge on any atom is -0.316 e. The van der Waals surface area contributed by atoms with Crippen LogP contribution >= 0.6 is 12.2 Å². The van der Waals surface area contributed by atoms with E-state index in [2.05, 4.69) is 9.97 Å². The molecular formula is C14H13FN4O2S. The second-order valence-electron chi connectivity index (χ2n) is 4.97. The predicted molar refractivity (Wildman–Crippen MR) is 83.1 cm³/mol. The van der Waals surface area contributed by atoms with E-state index < -0.39 is 11.2 Å². The van der Waals surface area contributed by atoms with E-state index in [-0.39, 0.29) is 5.82 Å². The van der Waals surface area contributed by atoms with Gasteiger partial charge >= 0.3 is 5.69 Å². The van der Waals surface area contributed by atoms with E-state index in [4.69, 9.17) is 12.2 Å².